The van der Waals surface area contributed by atoms with E-state index in [1.807, 2.05) is 7.05 Å². The molecule has 0 radical (unpaired) electrons. The van der Waals surface area contributed by atoms with Crippen LogP contribution in [0.5, 0.6) is 0 Å². The summed E-state index contributed by atoms with van der Waals surface area (Å²) in [5.41, 5.74) is 8.02. The Bertz CT molecular complexity index is 943. The second kappa shape index (κ2) is 6.81. The maximum absolute atomic E-state index is 14.3. The predicted octanol–water partition coefficient (Wildman–Crippen LogP) is 3.52. The van der Waals surface area contributed by atoms with Gasteiger partial charge in [-0.3, -0.25) is 5.10 Å². The molecule has 0 saturated heterocycles. The van der Waals surface area contributed by atoms with E-state index in [9.17, 15) is 4.39 Å². The van der Waals surface area contributed by atoms with Crippen molar-refractivity contribution in [3.05, 3.63) is 35.2 Å². The summed E-state index contributed by atoms with van der Waals surface area (Å²) in [5, 5.41) is 7.10. The molecule has 0 aliphatic heterocycles. The smallest absolute Gasteiger partial charge is 0.202 e. The first kappa shape index (κ1) is 17.2. The average Bonchev–Trinajstić information content (AvgIpc) is 3.07. The molecule has 0 bridgehead atoms. The summed E-state index contributed by atoms with van der Waals surface area (Å²) in [5.74, 6) is 0.209. The Morgan fingerprint density at radius 2 is 2.12 bits per heavy atom. The molecule has 1 aliphatic rings. The van der Waals surface area contributed by atoms with Crippen molar-refractivity contribution in [3.8, 4) is 11.3 Å². The number of hydrogen-bond acceptors (Lipinski definition) is 5. The summed E-state index contributed by atoms with van der Waals surface area (Å²) in [6.07, 6.45) is 6.08. The lowest BCUT2D eigenvalue weighted by Crippen LogP contribution is -2.48. The number of nitrogens with one attached hydrogen (secondary N) is 1. The minimum absolute atomic E-state index is 0.0563. The summed E-state index contributed by atoms with van der Waals surface area (Å²) in [4.78, 5) is 11.1. The molecule has 26 heavy (non-hydrogen) atoms. The number of nitrogens with two attached hydrogens (primary N) is 1. The largest absolute Gasteiger partial charge is 0.354 e. The van der Waals surface area contributed by atoms with Crippen LogP contribution in [0.2, 0.25) is 5.02 Å². The van der Waals surface area contributed by atoms with E-state index in [1.54, 1.807) is 18.3 Å². The molecule has 3 aromatic rings. The van der Waals surface area contributed by atoms with Crippen molar-refractivity contribution in [1.29, 1.82) is 0 Å². The van der Waals surface area contributed by atoms with Gasteiger partial charge >= 0.3 is 0 Å². The highest BCUT2D eigenvalue weighted by molar-refractivity contribution is 6.31. The van der Waals surface area contributed by atoms with Crippen molar-refractivity contribution in [2.45, 2.75) is 37.8 Å². The maximum Gasteiger partial charge on any atom is 0.202 e. The third-order valence-electron chi connectivity index (χ3n) is 5.11. The molecule has 1 aliphatic carbocycles. The third-order valence-corrected chi connectivity index (χ3v) is 5.41. The standard InChI is InChI=1S/C18H20ClFN6/c1-26(13-8-3-2-7-12(13)21)14-9-22-17-16(24-25-18(17)23-14)10-5-4-6-11(19)15(10)20/h4-6,9,12-13H,2-3,7-8,21H2,1H3,(H,23,24,25)/t12-,13+/m0/s1. The number of aromatic amines is 1. The van der Waals surface area contributed by atoms with E-state index in [-0.39, 0.29) is 17.1 Å². The summed E-state index contributed by atoms with van der Waals surface area (Å²) in [6, 6.07) is 5.19. The number of fused-ring (bicyclic) bond motifs is 1. The van der Waals surface area contributed by atoms with Gasteiger partial charge in [-0.15, -0.1) is 0 Å². The number of anilines is 1. The van der Waals surface area contributed by atoms with Crippen LogP contribution >= 0.6 is 11.6 Å². The zero-order chi connectivity index (χ0) is 18.3. The van der Waals surface area contributed by atoms with E-state index >= 15 is 0 Å². The van der Waals surface area contributed by atoms with Gasteiger partial charge in [0, 0.05) is 24.7 Å². The highest BCUT2D eigenvalue weighted by atomic mass is 35.5. The van der Waals surface area contributed by atoms with Crippen LogP contribution in [0.3, 0.4) is 0 Å². The van der Waals surface area contributed by atoms with Gasteiger partial charge in [-0.25, -0.2) is 14.4 Å². The second-order valence-corrected chi connectivity index (χ2v) is 7.13. The van der Waals surface area contributed by atoms with Crippen molar-refractivity contribution >= 4 is 28.6 Å². The number of rotatable bonds is 3. The Labute approximate surface area is 155 Å². The Morgan fingerprint density at radius 1 is 1.31 bits per heavy atom. The van der Waals surface area contributed by atoms with E-state index in [2.05, 4.69) is 25.1 Å². The van der Waals surface area contributed by atoms with E-state index in [4.69, 9.17) is 17.3 Å². The quantitative estimate of drug-likeness (QED) is 0.732. The number of halogens is 2. The highest BCUT2D eigenvalue weighted by Gasteiger charge is 2.27. The Hall–Kier alpha value is -2.25. The number of aromatic nitrogens is 4. The molecule has 4 rings (SSSR count). The lowest BCUT2D eigenvalue weighted by Gasteiger charge is -2.36. The zero-order valence-electron chi connectivity index (χ0n) is 14.4. The molecule has 2 atom stereocenters. The van der Waals surface area contributed by atoms with E-state index < -0.39 is 5.82 Å². The van der Waals surface area contributed by atoms with Crippen LogP contribution in [0.4, 0.5) is 10.2 Å². The van der Waals surface area contributed by atoms with Crippen molar-refractivity contribution in [3.63, 3.8) is 0 Å². The van der Waals surface area contributed by atoms with Gasteiger partial charge in [-0.2, -0.15) is 5.10 Å². The van der Waals surface area contributed by atoms with Gasteiger partial charge in [0.2, 0.25) is 5.65 Å². The minimum atomic E-state index is -0.504. The van der Waals surface area contributed by atoms with Crippen LogP contribution in [0.25, 0.3) is 22.4 Å². The molecule has 136 valence electrons. The number of hydrogen-bond donors (Lipinski definition) is 2. The molecule has 0 spiro atoms. The SMILES string of the molecule is CN(c1cnc2c(-c3cccc(Cl)c3F)[nH]nc2n1)[C@@H]1CCCC[C@@H]1N. The summed E-state index contributed by atoms with van der Waals surface area (Å²) < 4.78 is 14.3. The van der Waals surface area contributed by atoms with Gasteiger partial charge in [-0.1, -0.05) is 30.5 Å². The Kier molecular flexibility index (Phi) is 4.50. The molecule has 8 heteroatoms. The van der Waals surface area contributed by atoms with Gasteiger partial charge in [0.25, 0.3) is 0 Å². The second-order valence-electron chi connectivity index (χ2n) is 6.73. The summed E-state index contributed by atoms with van der Waals surface area (Å²) in [6.45, 7) is 0. The lowest BCUT2D eigenvalue weighted by atomic mass is 9.90. The average molecular weight is 375 g/mol. The van der Waals surface area contributed by atoms with E-state index in [0.717, 1.165) is 12.8 Å². The normalized spacial score (nSPS) is 20.5. The molecular formula is C18H20ClFN6. The topological polar surface area (TPSA) is 83.7 Å². The molecule has 6 nitrogen and oxygen atoms in total. The van der Waals surface area contributed by atoms with Crippen LogP contribution < -0.4 is 10.6 Å². The predicted molar refractivity (Wildman–Crippen MR) is 101 cm³/mol. The first-order chi connectivity index (χ1) is 12.6. The van der Waals surface area contributed by atoms with Crippen molar-refractivity contribution in [2.24, 2.45) is 5.73 Å². The minimum Gasteiger partial charge on any atom is -0.354 e. The van der Waals surface area contributed by atoms with Gasteiger partial charge in [0.1, 0.15) is 11.3 Å². The fourth-order valence-corrected chi connectivity index (χ4v) is 3.81. The van der Waals surface area contributed by atoms with E-state index in [1.165, 1.54) is 18.9 Å². The molecule has 2 aromatic heterocycles. The van der Waals surface area contributed by atoms with Crippen LogP contribution in [-0.2, 0) is 0 Å². The maximum atomic E-state index is 14.3. The monoisotopic (exact) mass is 374 g/mol. The Morgan fingerprint density at radius 3 is 2.92 bits per heavy atom. The van der Waals surface area contributed by atoms with Crippen molar-refractivity contribution in [1.82, 2.24) is 20.2 Å². The first-order valence-electron chi connectivity index (χ1n) is 8.70. The molecule has 1 saturated carbocycles. The molecule has 0 unspecified atom stereocenters. The first-order valence-corrected chi connectivity index (χ1v) is 9.08. The van der Waals surface area contributed by atoms with Crippen LogP contribution in [0.15, 0.2) is 24.4 Å². The highest BCUT2D eigenvalue weighted by Crippen LogP contribution is 2.31. The van der Waals surface area contributed by atoms with Crippen LogP contribution in [0, 0.1) is 5.82 Å². The third kappa shape index (κ3) is 2.91. The number of nitrogens with zero attached hydrogens (tertiary/aromatic N) is 4. The summed E-state index contributed by atoms with van der Waals surface area (Å²) in [7, 11) is 1.98. The van der Waals surface area contributed by atoms with Crippen molar-refractivity contribution in [2.75, 3.05) is 11.9 Å². The van der Waals surface area contributed by atoms with Gasteiger partial charge in [-0.05, 0) is 25.0 Å². The lowest BCUT2D eigenvalue weighted by molar-refractivity contribution is 0.372. The van der Waals surface area contributed by atoms with Crippen LogP contribution in [0.1, 0.15) is 25.7 Å². The molecule has 1 fully saturated rings. The Balaban J connectivity index is 1.70. The number of benzene rings is 1. The number of likely N-dealkylation sites (N-methyl/N-ethyl adjacent to an activating group) is 1. The summed E-state index contributed by atoms with van der Waals surface area (Å²) >= 11 is 5.88. The van der Waals surface area contributed by atoms with Gasteiger partial charge in [0.15, 0.2) is 5.82 Å². The zero-order valence-corrected chi connectivity index (χ0v) is 15.2. The fraction of sp³-hybridized carbons (Fsp3) is 0.389. The van der Waals surface area contributed by atoms with Gasteiger partial charge < -0.3 is 10.6 Å². The molecular weight excluding hydrogens is 355 g/mol. The molecule has 2 heterocycles. The van der Waals surface area contributed by atoms with Crippen LogP contribution in [-0.4, -0.2) is 39.3 Å². The fourth-order valence-electron chi connectivity index (χ4n) is 3.63. The van der Waals surface area contributed by atoms with E-state index in [0.29, 0.717) is 28.2 Å². The van der Waals surface area contributed by atoms with Gasteiger partial charge in [0.05, 0.1) is 16.9 Å². The molecule has 0 amide bonds. The molecule has 3 N–H and O–H groups in total. The number of H-pyrrole nitrogens is 1. The van der Waals surface area contributed by atoms with Crippen molar-refractivity contribution < 1.29 is 4.39 Å². The molecule has 1 aromatic carbocycles.